The minimum absolute atomic E-state index is 0.0659. The molecule has 26 heavy (non-hydrogen) atoms. The number of hydrogen-bond acceptors (Lipinski definition) is 6. The van der Waals surface area contributed by atoms with E-state index in [1.165, 1.54) is 4.90 Å². The van der Waals surface area contributed by atoms with Crippen LogP contribution >= 0.6 is 0 Å². The predicted octanol–water partition coefficient (Wildman–Crippen LogP) is 2.83. The van der Waals surface area contributed by atoms with E-state index in [4.69, 9.17) is 10.00 Å². The zero-order chi connectivity index (χ0) is 19.5. The maximum Gasteiger partial charge on any atom is 0.419 e. The van der Waals surface area contributed by atoms with E-state index in [-0.39, 0.29) is 25.5 Å². The van der Waals surface area contributed by atoms with Gasteiger partial charge in [0.05, 0.1) is 24.1 Å². The maximum absolute atomic E-state index is 12.6. The lowest BCUT2D eigenvalue weighted by molar-refractivity contribution is -0.138. The highest BCUT2D eigenvalue weighted by Gasteiger charge is 2.35. The molecule has 2 heterocycles. The van der Waals surface area contributed by atoms with Gasteiger partial charge in [-0.15, -0.1) is 0 Å². The first-order valence-corrected chi connectivity index (χ1v) is 8.02. The molecule has 1 unspecified atom stereocenters. The lowest BCUT2D eigenvalue weighted by Gasteiger charge is -2.40. The minimum atomic E-state index is -4.50. The molecule has 1 aliphatic rings. The van der Waals surface area contributed by atoms with Crippen LogP contribution in [0.3, 0.4) is 0 Å². The number of aromatic nitrogens is 2. The van der Waals surface area contributed by atoms with Crippen molar-refractivity contribution in [3.8, 4) is 6.07 Å². The normalized spacial score (nSPS) is 18.4. The van der Waals surface area contributed by atoms with Gasteiger partial charge in [-0.2, -0.15) is 18.4 Å². The fourth-order valence-corrected chi connectivity index (χ4v) is 2.51. The summed E-state index contributed by atoms with van der Waals surface area (Å²) in [4.78, 5) is 23.0. The van der Waals surface area contributed by atoms with Crippen molar-refractivity contribution in [3.63, 3.8) is 0 Å². The van der Waals surface area contributed by atoms with Gasteiger partial charge < -0.3 is 14.5 Å². The van der Waals surface area contributed by atoms with Gasteiger partial charge >= 0.3 is 12.3 Å². The van der Waals surface area contributed by atoms with E-state index in [1.807, 2.05) is 6.07 Å². The van der Waals surface area contributed by atoms with Crippen LogP contribution in [0, 0.1) is 11.3 Å². The lowest BCUT2D eigenvalue weighted by Crippen LogP contribution is -2.56. The summed E-state index contributed by atoms with van der Waals surface area (Å²) in [5.74, 6) is 0.129. The lowest BCUT2D eigenvalue weighted by atomic mass is 10.1. The standard InChI is InChI=1S/C16H20F3N5O2/c1-15(2,3)26-14(25)24-7-6-23(10-12(24)4-5-20)13-21-8-11(9-22-13)16(17,18)19/h8-9,12H,4,6-7,10H2,1-3H3. The van der Waals surface area contributed by atoms with E-state index in [2.05, 4.69) is 9.97 Å². The third-order valence-corrected chi connectivity index (χ3v) is 3.69. The summed E-state index contributed by atoms with van der Waals surface area (Å²) in [6.07, 6.45) is -3.51. The topological polar surface area (TPSA) is 82.3 Å². The Hall–Kier alpha value is -2.57. The van der Waals surface area contributed by atoms with Crippen LogP contribution in [0.2, 0.25) is 0 Å². The van der Waals surface area contributed by atoms with Crippen molar-refractivity contribution in [2.24, 2.45) is 0 Å². The van der Waals surface area contributed by atoms with Crippen LogP contribution in [0.25, 0.3) is 0 Å². The summed E-state index contributed by atoms with van der Waals surface area (Å²) < 4.78 is 43.2. The van der Waals surface area contributed by atoms with Crippen molar-refractivity contribution in [1.29, 1.82) is 5.26 Å². The molecule has 2 rings (SSSR count). The van der Waals surface area contributed by atoms with Crippen LogP contribution in [0.4, 0.5) is 23.9 Å². The number of nitrogens with zero attached hydrogens (tertiary/aromatic N) is 5. The van der Waals surface area contributed by atoms with Crippen LogP contribution < -0.4 is 4.90 Å². The zero-order valence-electron chi connectivity index (χ0n) is 14.7. The molecule has 7 nitrogen and oxygen atoms in total. The molecule has 0 spiro atoms. The summed E-state index contributed by atoms with van der Waals surface area (Å²) in [5, 5.41) is 9.03. The number of amides is 1. The molecule has 0 aromatic carbocycles. The van der Waals surface area contributed by atoms with Gasteiger partial charge in [0, 0.05) is 32.0 Å². The van der Waals surface area contributed by atoms with Crippen molar-refractivity contribution in [2.45, 2.75) is 45.0 Å². The van der Waals surface area contributed by atoms with Gasteiger partial charge in [0.1, 0.15) is 5.60 Å². The number of carbonyl (C=O) groups is 1. The van der Waals surface area contributed by atoms with E-state index in [1.54, 1.807) is 25.7 Å². The molecule has 1 atom stereocenters. The summed E-state index contributed by atoms with van der Waals surface area (Å²) in [5.41, 5.74) is -1.59. The summed E-state index contributed by atoms with van der Waals surface area (Å²) in [6.45, 7) is 6.06. The molecule has 1 aromatic heterocycles. The van der Waals surface area contributed by atoms with Crippen molar-refractivity contribution >= 4 is 12.0 Å². The smallest absolute Gasteiger partial charge is 0.419 e. The second-order valence-electron chi connectivity index (χ2n) is 6.91. The molecule has 1 fully saturated rings. The van der Waals surface area contributed by atoms with Gasteiger partial charge in [0.15, 0.2) is 0 Å². The first-order chi connectivity index (χ1) is 12.0. The highest BCUT2D eigenvalue weighted by molar-refractivity contribution is 5.69. The summed E-state index contributed by atoms with van der Waals surface area (Å²) >= 11 is 0. The highest BCUT2D eigenvalue weighted by atomic mass is 19.4. The van der Waals surface area contributed by atoms with E-state index < -0.39 is 29.5 Å². The highest BCUT2D eigenvalue weighted by Crippen LogP contribution is 2.28. The van der Waals surface area contributed by atoms with Crippen LogP contribution in [0.15, 0.2) is 12.4 Å². The Balaban J connectivity index is 2.12. The number of carbonyl (C=O) groups excluding carboxylic acids is 1. The number of nitriles is 1. The fraction of sp³-hybridized carbons (Fsp3) is 0.625. The second-order valence-corrected chi connectivity index (χ2v) is 6.91. The van der Waals surface area contributed by atoms with Crippen LogP contribution in [-0.2, 0) is 10.9 Å². The van der Waals surface area contributed by atoms with E-state index >= 15 is 0 Å². The third-order valence-electron chi connectivity index (χ3n) is 3.69. The van der Waals surface area contributed by atoms with E-state index in [9.17, 15) is 18.0 Å². The zero-order valence-corrected chi connectivity index (χ0v) is 14.7. The monoisotopic (exact) mass is 371 g/mol. The molecule has 10 heteroatoms. The number of anilines is 1. The number of hydrogen-bond donors (Lipinski definition) is 0. The quantitative estimate of drug-likeness (QED) is 0.795. The summed E-state index contributed by atoms with van der Waals surface area (Å²) in [6, 6.07) is 1.56. The Kier molecular flexibility index (Phi) is 5.59. The molecule has 142 valence electrons. The molecular formula is C16H20F3N5O2. The second kappa shape index (κ2) is 7.35. The Morgan fingerprint density at radius 2 is 1.92 bits per heavy atom. The Morgan fingerprint density at radius 1 is 1.31 bits per heavy atom. The van der Waals surface area contributed by atoms with Gasteiger partial charge in [0.2, 0.25) is 5.95 Å². The minimum Gasteiger partial charge on any atom is -0.444 e. The fourth-order valence-electron chi connectivity index (χ4n) is 2.51. The molecule has 0 N–H and O–H groups in total. The largest absolute Gasteiger partial charge is 0.444 e. The maximum atomic E-state index is 12.6. The van der Waals surface area contributed by atoms with Gasteiger partial charge in [0.25, 0.3) is 0 Å². The average Bonchev–Trinajstić information content (AvgIpc) is 2.53. The molecule has 1 aliphatic heterocycles. The molecule has 0 saturated carbocycles. The molecule has 1 aromatic rings. The average molecular weight is 371 g/mol. The molecule has 1 saturated heterocycles. The first kappa shape index (κ1) is 19.8. The van der Waals surface area contributed by atoms with Crippen molar-refractivity contribution in [1.82, 2.24) is 14.9 Å². The number of piperazine rings is 1. The van der Waals surface area contributed by atoms with Gasteiger partial charge in [-0.1, -0.05) is 0 Å². The van der Waals surface area contributed by atoms with Gasteiger partial charge in [-0.25, -0.2) is 14.8 Å². The molecule has 0 aliphatic carbocycles. The Morgan fingerprint density at radius 3 is 2.42 bits per heavy atom. The third kappa shape index (κ3) is 4.97. The number of alkyl halides is 3. The SMILES string of the molecule is CC(C)(C)OC(=O)N1CCN(c2ncc(C(F)(F)F)cn2)CC1CC#N. The Labute approximate surface area is 149 Å². The van der Waals surface area contributed by atoms with E-state index in [0.29, 0.717) is 6.54 Å². The summed E-state index contributed by atoms with van der Waals surface area (Å²) in [7, 11) is 0. The van der Waals surface area contributed by atoms with Crippen molar-refractivity contribution < 1.29 is 22.7 Å². The van der Waals surface area contributed by atoms with Crippen LogP contribution in [0.1, 0.15) is 32.8 Å². The van der Waals surface area contributed by atoms with Crippen molar-refractivity contribution in [2.75, 3.05) is 24.5 Å². The molecule has 0 radical (unpaired) electrons. The molecule has 0 bridgehead atoms. The van der Waals surface area contributed by atoms with Crippen molar-refractivity contribution in [3.05, 3.63) is 18.0 Å². The molecule has 1 amide bonds. The molecular weight excluding hydrogens is 351 g/mol. The predicted molar refractivity (Wildman–Crippen MR) is 86.2 cm³/mol. The number of ether oxygens (including phenoxy) is 1. The van der Waals surface area contributed by atoms with E-state index in [0.717, 1.165) is 12.4 Å². The number of rotatable bonds is 2. The van der Waals surface area contributed by atoms with Gasteiger partial charge in [-0.3, -0.25) is 0 Å². The number of halogens is 3. The first-order valence-electron chi connectivity index (χ1n) is 8.02. The van der Waals surface area contributed by atoms with Crippen LogP contribution in [-0.4, -0.2) is 52.2 Å². The Bertz CT molecular complexity index is 679. The van der Waals surface area contributed by atoms with Gasteiger partial charge in [-0.05, 0) is 20.8 Å². The van der Waals surface area contributed by atoms with Crippen LogP contribution in [0.5, 0.6) is 0 Å².